The van der Waals surface area contributed by atoms with Crippen molar-refractivity contribution in [3.05, 3.63) is 24.3 Å². The Hall–Kier alpha value is -1.80. The number of methoxy groups -OCH3 is 1. The van der Waals surface area contributed by atoms with Crippen molar-refractivity contribution < 1.29 is 22.7 Å². The molecule has 1 aliphatic heterocycles. The predicted molar refractivity (Wildman–Crippen MR) is 95.8 cm³/mol. The first-order valence-corrected chi connectivity index (χ1v) is 10.2. The van der Waals surface area contributed by atoms with E-state index < -0.39 is 9.84 Å². The lowest BCUT2D eigenvalue weighted by Gasteiger charge is -2.25. The molecule has 1 aromatic rings. The molecule has 0 saturated carbocycles. The van der Waals surface area contributed by atoms with Gasteiger partial charge in [0.1, 0.15) is 18.1 Å². The fourth-order valence-electron chi connectivity index (χ4n) is 2.83. The van der Waals surface area contributed by atoms with Crippen LogP contribution >= 0.6 is 0 Å². The van der Waals surface area contributed by atoms with Crippen molar-refractivity contribution in [1.82, 2.24) is 10.2 Å². The van der Waals surface area contributed by atoms with Crippen LogP contribution in [0.5, 0.6) is 11.5 Å². The molecule has 25 heavy (non-hydrogen) atoms. The van der Waals surface area contributed by atoms with Gasteiger partial charge in [-0.25, -0.2) is 8.42 Å². The van der Waals surface area contributed by atoms with Crippen LogP contribution in [0.1, 0.15) is 13.3 Å². The lowest BCUT2D eigenvalue weighted by Crippen LogP contribution is -2.44. The number of nitrogens with zero attached hydrogens (tertiary/aromatic N) is 1. The fourth-order valence-corrected chi connectivity index (χ4v) is 4.60. The summed E-state index contributed by atoms with van der Waals surface area (Å²) in [6, 6.07) is 7.17. The van der Waals surface area contributed by atoms with Gasteiger partial charge in [0.2, 0.25) is 5.91 Å². The smallest absolute Gasteiger partial charge is 0.234 e. The van der Waals surface area contributed by atoms with E-state index in [-0.39, 0.29) is 30.0 Å². The van der Waals surface area contributed by atoms with Gasteiger partial charge in [-0.2, -0.15) is 0 Å². The van der Waals surface area contributed by atoms with E-state index in [1.165, 1.54) is 0 Å². The second kappa shape index (κ2) is 9.05. The number of sulfone groups is 1. The van der Waals surface area contributed by atoms with Crippen molar-refractivity contribution in [2.45, 2.75) is 19.4 Å². The lowest BCUT2D eigenvalue weighted by molar-refractivity contribution is -0.122. The third-order valence-electron chi connectivity index (χ3n) is 4.23. The van der Waals surface area contributed by atoms with E-state index >= 15 is 0 Å². The van der Waals surface area contributed by atoms with Gasteiger partial charge in [-0.3, -0.25) is 9.69 Å². The zero-order valence-electron chi connectivity index (χ0n) is 14.7. The van der Waals surface area contributed by atoms with Crippen molar-refractivity contribution in [1.29, 1.82) is 0 Å². The number of hydrogen-bond acceptors (Lipinski definition) is 6. The molecule has 1 heterocycles. The van der Waals surface area contributed by atoms with E-state index in [1.807, 2.05) is 24.0 Å². The largest absolute Gasteiger partial charge is 0.497 e. The molecule has 1 saturated heterocycles. The van der Waals surface area contributed by atoms with Crippen LogP contribution in [0, 0.1) is 0 Å². The van der Waals surface area contributed by atoms with E-state index in [0.717, 1.165) is 5.75 Å². The summed E-state index contributed by atoms with van der Waals surface area (Å²) < 4.78 is 33.8. The first kappa shape index (κ1) is 19.5. The summed E-state index contributed by atoms with van der Waals surface area (Å²) in [6.07, 6.45) is 0.601. The van der Waals surface area contributed by atoms with Gasteiger partial charge in [0.25, 0.3) is 0 Å². The number of rotatable bonds is 9. The van der Waals surface area contributed by atoms with E-state index in [4.69, 9.17) is 9.47 Å². The average molecular weight is 370 g/mol. The summed E-state index contributed by atoms with van der Waals surface area (Å²) in [6.45, 7) is 3.55. The molecule has 0 bridgehead atoms. The van der Waals surface area contributed by atoms with Gasteiger partial charge >= 0.3 is 0 Å². The molecular weight excluding hydrogens is 344 g/mol. The van der Waals surface area contributed by atoms with E-state index in [2.05, 4.69) is 5.32 Å². The van der Waals surface area contributed by atoms with Gasteiger partial charge in [0.05, 0.1) is 31.7 Å². The van der Waals surface area contributed by atoms with E-state index in [0.29, 0.717) is 31.9 Å². The summed E-state index contributed by atoms with van der Waals surface area (Å²) in [5.74, 6) is 1.71. The molecule has 1 aromatic carbocycles. The molecule has 1 atom stereocenters. The Morgan fingerprint density at radius 1 is 1.28 bits per heavy atom. The quantitative estimate of drug-likeness (QED) is 0.644. The maximum atomic E-state index is 12.1. The van der Waals surface area contributed by atoms with Crippen LogP contribution in [0.15, 0.2) is 24.3 Å². The third-order valence-corrected chi connectivity index (χ3v) is 5.98. The molecule has 8 heteroatoms. The average Bonchev–Trinajstić information content (AvgIpc) is 2.97. The van der Waals surface area contributed by atoms with Crippen LogP contribution in [0.25, 0.3) is 0 Å². The minimum Gasteiger partial charge on any atom is -0.497 e. The molecule has 1 fully saturated rings. The van der Waals surface area contributed by atoms with Crippen LogP contribution < -0.4 is 14.8 Å². The minimum atomic E-state index is -2.95. The van der Waals surface area contributed by atoms with E-state index in [1.54, 1.807) is 19.2 Å². The number of carbonyl (C=O) groups excluding carboxylic acids is 1. The molecule has 0 aliphatic carbocycles. The molecule has 1 amide bonds. The van der Waals surface area contributed by atoms with Gasteiger partial charge in [0, 0.05) is 6.04 Å². The van der Waals surface area contributed by atoms with Gasteiger partial charge in [-0.15, -0.1) is 0 Å². The molecule has 7 nitrogen and oxygen atoms in total. The minimum absolute atomic E-state index is 0.0590. The summed E-state index contributed by atoms with van der Waals surface area (Å²) in [4.78, 5) is 14.0. The maximum absolute atomic E-state index is 12.1. The van der Waals surface area contributed by atoms with Crippen LogP contribution in [-0.4, -0.2) is 70.1 Å². The molecule has 1 unspecified atom stereocenters. The zero-order chi connectivity index (χ0) is 18.3. The predicted octanol–water partition coefficient (Wildman–Crippen LogP) is 0.699. The molecule has 1 N–H and O–H groups in total. The number of hydrogen-bond donors (Lipinski definition) is 1. The highest BCUT2D eigenvalue weighted by Crippen LogP contribution is 2.18. The Balaban J connectivity index is 1.68. The van der Waals surface area contributed by atoms with Crippen LogP contribution in [0.4, 0.5) is 0 Å². The zero-order valence-corrected chi connectivity index (χ0v) is 15.5. The second-order valence-electron chi connectivity index (χ2n) is 5.99. The van der Waals surface area contributed by atoms with E-state index in [9.17, 15) is 13.2 Å². The first-order valence-electron chi connectivity index (χ1n) is 8.41. The third kappa shape index (κ3) is 6.21. The standard InChI is InChI=1S/C17H26N2O5S/c1-3-19(14-8-11-25(21,22)13-14)12-17(20)18-9-10-24-16-6-4-15(23-2)5-7-16/h4-7,14H,3,8-13H2,1-2H3,(H,18,20). The van der Waals surface area contributed by atoms with Gasteiger partial charge < -0.3 is 14.8 Å². The summed E-state index contributed by atoms with van der Waals surface area (Å²) in [5.41, 5.74) is 0. The Morgan fingerprint density at radius 3 is 2.52 bits per heavy atom. The van der Waals surface area contributed by atoms with Crippen LogP contribution in [0.2, 0.25) is 0 Å². The summed E-state index contributed by atoms with van der Waals surface area (Å²) >= 11 is 0. The second-order valence-corrected chi connectivity index (χ2v) is 8.22. The topological polar surface area (TPSA) is 84.9 Å². The number of ether oxygens (including phenoxy) is 2. The fraction of sp³-hybridized carbons (Fsp3) is 0.588. The van der Waals surface area contributed by atoms with Crippen molar-refractivity contribution in [2.75, 3.05) is 44.9 Å². The monoisotopic (exact) mass is 370 g/mol. The number of carbonyl (C=O) groups is 1. The summed E-state index contributed by atoms with van der Waals surface area (Å²) in [7, 11) is -1.34. The SMILES string of the molecule is CCN(CC(=O)NCCOc1ccc(OC)cc1)C1CCS(=O)(=O)C1. The first-order chi connectivity index (χ1) is 11.9. The highest BCUT2D eigenvalue weighted by molar-refractivity contribution is 7.91. The number of likely N-dealkylation sites (N-methyl/N-ethyl adjacent to an activating group) is 1. The Morgan fingerprint density at radius 2 is 1.96 bits per heavy atom. The molecular formula is C17H26N2O5S. The molecule has 0 radical (unpaired) electrons. The number of benzene rings is 1. The van der Waals surface area contributed by atoms with Crippen molar-refractivity contribution in [3.8, 4) is 11.5 Å². The highest BCUT2D eigenvalue weighted by Gasteiger charge is 2.32. The molecule has 1 aliphatic rings. The Kier molecular flexibility index (Phi) is 7.07. The number of nitrogens with one attached hydrogen (secondary N) is 1. The van der Waals surface area contributed by atoms with Gasteiger partial charge in [-0.05, 0) is 37.2 Å². The van der Waals surface area contributed by atoms with Gasteiger partial charge in [-0.1, -0.05) is 6.92 Å². The Bertz CT molecular complexity index is 660. The lowest BCUT2D eigenvalue weighted by atomic mass is 10.2. The normalized spacial score (nSPS) is 18.9. The molecule has 0 aromatic heterocycles. The van der Waals surface area contributed by atoms with Crippen LogP contribution in [-0.2, 0) is 14.6 Å². The maximum Gasteiger partial charge on any atom is 0.234 e. The van der Waals surface area contributed by atoms with Gasteiger partial charge in [0.15, 0.2) is 9.84 Å². The highest BCUT2D eigenvalue weighted by atomic mass is 32.2. The summed E-state index contributed by atoms with van der Waals surface area (Å²) in [5, 5.41) is 2.80. The molecule has 0 spiro atoms. The Labute approximate surface area is 149 Å². The molecule has 2 rings (SSSR count). The number of amides is 1. The van der Waals surface area contributed by atoms with Crippen LogP contribution in [0.3, 0.4) is 0 Å². The van der Waals surface area contributed by atoms with Crippen molar-refractivity contribution >= 4 is 15.7 Å². The van der Waals surface area contributed by atoms with Crippen molar-refractivity contribution in [2.24, 2.45) is 0 Å². The molecule has 140 valence electrons. The van der Waals surface area contributed by atoms with Crippen molar-refractivity contribution in [3.63, 3.8) is 0 Å².